The summed E-state index contributed by atoms with van der Waals surface area (Å²) in [5.74, 6) is 1.15. The third-order valence-electron chi connectivity index (χ3n) is 5.08. The van der Waals surface area contributed by atoms with E-state index in [1.54, 1.807) is 12.3 Å². The van der Waals surface area contributed by atoms with Crippen molar-refractivity contribution in [1.82, 2.24) is 9.99 Å². The Morgan fingerprint density at radius 2 is 1.93 bits per heavy atom. The maximum Gasteiger partial charge on any atom is 0.244 e. The van der Waals surface area contributed by atoms with Crippen LogP contribution in [0.5, 0.6) is 11.5 Å². The number of ether oxygens (including phenoxy) is 2. The number of rotatable bonds is 5. The van der Waals surface area contributed by atoms with E-state index in [1.807, 2.05) is 57.2 Å². The van der Waals surface area contributed by atoms with Crippen molar-refractivity contribution < 1.29 is 14.3 Å². The standard InChI is InChI=1S/C23H22ClN3O3/c1-14-4-6-19(11-20(14)24)27-15(2)8-18(16(27)3)12-25-26-23(28)10-17-5-7-21-22(9-17)30-13-29-21/h4-9,11-12H,10,13H2,1-3H3,(H,26,28)/b25-12-. The van der Waals surface area contributed by atoms with Crippen molar-refractivity contribution in [1.29, 1.82) is 0 Å². The molecule has 3 aromatic rings. The number of fused-ring (bicyclic) bond motifs is 1. The molecule has 0 unspecified atom stereocenters. The van der Waals surface area contributed by atoms with Crippen LogP contribution in [0, 0.1) is 20.8 Å². The predicted octanol–water partition coefficient (Wildman–Crippen LogP) is 4.48. The van der Waals surface area contributed by atoms with E-state index >= 15 is 0 Å². The fourth-order valence-electron chi connectivity index (χ4n) is 3.49. The average molecular weight is 424 g/mol. The Balaban J connectivity index is 1.44. The second-order valence-electron chi connectivity index (χ2n) is 7.25. The number of hydrazone groups is 1. The van der Waals surface area contributed by atoms with E-state index in [4.69, 9.17) is 21.1 Å². The van der Waals surface area contributed by atoms with Crippen LogP contribution in [0.15, 0.2) is 47.6 Å². The van der Waals surface area contributed by atoms with Crippen molar-refractivity contribution in [3.05, 3.63) is 75.6 Å². The second-order valence-corrected chi connectivity index (χ2v) is 7.66. The molecule has 0 spiro atoms. The molecule has 2 heterocycles. The Kier molecular flexibility index (Phi) is 5.50. The highest BCUT2D eigenvalue weighted by Crippen LogP contribution is 2.32. The zero-order valence-corrected chi connectivity index (χ0v) is 17.8. The zero-order valence-electron chi connectivity index (χ0n) is 17.0. The molecule has 1 N–H and O–H groups in total. The zero-order chi connectivity index (χ0) is 21.3. The first-order chi connectivity index (χ1) is 14.4. The number of hydrogen-bond donors (Lipinski definition) is 1. The van der Waals surface area contributed by atoms with Gasteiger partial charge in [-0.25, -0.2) is 5.43 Å². The van der Waals surface area contributed by atoms with Crippen molar-refractivity contribution >= 4 is 23.7 Å². The molecule has 0 bridgehead atoms. The molecule has 1 aliphatic heterocycles. The first-order valence-corrected chi connectivity index (χ1v) is 9.96. The molecular formula is C23H22ClN3O3. The SMILES string of the molecule is Cc1ccc(-n2c(C)cc(/C=N\NC(=O)Cc3ccc4c(c3)OCO4)c2C)cc1Cl. The topological polar surface area (TPSA) is 64.9 Å². The van der Waals surface area contributed by atoms with E-state index in [0.29, 0.717) is 11.5 Å². The normalized spacial score (nSPS) is 12.5. The molecule has 2 aromatic carbocycles. The molecule has 6 nitrogen and oxygen atoms in total. The van der Waals surface area contributed by atoms with Gasteiger partial charge in [0, 0.05) is 27.7 Å². The minimum Gasteiger partial charge on any atom is -0.454 e. The smallest absolute Gasteiger partial charge is 0.244 e. The molecule has 1 amide bonds. The summed E-state index contributed by atoms with van der Waals surface area (Å²) in [4.78, 5) is 12.2. The minimum absolute atomic E-state index is 0.203. The summed E-state index contributed by atoms with van der Waals surface area (Å²) in [6.07, 6.45) is 1.86. The van der Waals surface area contributed by atoms with Gasteiger partial charge < -0.3 is 14.0 Å². The van der Waals surface area contributed by atoms with Crippen molar-refractivity contribution in [2.45, 2.75) is 27.2 Å². The van der Waals surface area contributed by atoms with Crippen LogP contribution in [0.4, 0.5) is 0 Å². The molecule has 154 valence electrons. The van der Waals surface area contributed by atoms with Gasteiger partial charge in [0.2, 0.25) is 12.7 Å². The molecule has 7 heteroatoms. The van der Waals surface area contributed by atoms with Crippen LogP contribution < -0.4 is 14.9 Å². The average Bonchev–Trinajstić information content (AvgIpc) is 3.28. The van der Waals surface area contributed by atoms with Crippen molar-refractivity contribution in [3.8, 4) is 17.2 Å². The summed E-state index contributed by atoms with van der Waals surface area (Å²) in [7, 11) is 0. The van der Waals surface area contributed by atoms with Crippen LogP contribution in [0.1, 0.15) is 28.1 Å². The Labute approximate surface area is 180 Å². The summed E-state index contributed by atoms with van der Waals surface area (Å²) in [5, 5.41) is 4.86. The molecule has 0 saturated carbocycles. The highest BCUT2D eigenvalue weighted by atomic mass is 35.5. The minimum atomic E-state index is -0.204. The predicted molar refractivity (Wildman–Crippen MR) is 117 cm³/mol. The van der Waals surface area contributed by atoms with E-state index in [9.17, 15) is 4.79 Å². The van der Waals surface area contributed by atoms with Crippen LogP contribution in [0.25, 0.3) is 5.69 Å². The Hall–Kier alpha value is -3.25. The highest BCUT2D eigenvalue weighted by molar-refractivity contribution is 6.31. The van der Waals surface area contributed by atoms with E-state index < -0.39 is 0 Å². The maximum absolute atomic E-state index is 12.2. The largest absolute Gasteiger partial charge is 0.454 e. The lowest BCUT2D eigenvalue weighted by atomic mass is 10.1. The fourth-order valence-corrected chi connectivity index (χ4v) is 3.66. The molecule has 0 aliphatic carbocycles. The first kappa shape index (κ1) is 20.0. The van der Waals surface area contributed by atoms with Crippen LogP contribution in [0.2, 0.25) is 5.02 Å². The molecule has 1 aromatic heterocycles. The first-order valence-electron chi connectivity index (χ1n) is 9.58. The number of carbonyl (C=O) groups is 1. The van der Waals surface area contributed by atoms with Crippen LogP contribution in [-0.2, 0) is 11.2 Å². The summed E-state index contributed by atoms with van der Waals surface area (Å²) in [6.45, 7) is 6.22. The van der Waals surface area contributed by atoms with Crippen LogP contribution in [-0.4, -0.2) is 23.5 Å². The van der Waals surface area contributed by atoms with Crippen molar-refractivity contribution in [2.24, 2.45) is 5.10 Å². The van der Waals surface area contributed by atoms with Gasteiger partial charge in [-0.2, -0.15) is 5.10 Å². The van der Waals surface area contributed by atoms with Gasteiger partial charge in [0.15, 0.2) is 11.5 Å². The van der Waals surface area contributed by atoms with Gasteiger partial charge in [-0.05, 0) is 62.2 Å². The number of halogens is 1. The third-order valence-corrected chi connectivity index (χ3v) is 5.49. The van der Waals surface area contributed by atoms with E-state index in [0.717, 1.165) is 38.8 Å². The maximum atomic E-state index is 12.2. The van der Waals surface area contributed by atoms with E-state index in [2.05, 4.69) is 15.1 Å². The molecule has 0 atom stereocenters. The van der Waals surface area contributed by atoms with Crippen LogP contribution >= 0.6 is 11.6 Å². The lowest BCUT2D eigenvalue weighted by molar-refractivity contribution is -0.120. The number of amides is 1. The summed E-state index contributed by atoms with van der Waals surface area (Å²) in [6, 6.07) is 13.5. The molecule has 0 saturated heterocycles. The van der Waals surface area contributed by atoms with Gasteiger partial charge >= 0.3 is 0 Å². The van der Waals surface area contributed by atoms with Gasteiger partial charge in [-0.1, -0.05) is 23.7 Å². The number of benzene rings is 2. The third kappa shape index (κ3) is 4.04. The molecular weight excluding hydrogens is 402 g/mol. The molecule has 0 radical (unpaired) electrons. The number of nitrogens with one attached hydrogen (secondary N) is 1. The van der Waals surface area contributed by atoms with Gasteiger partial charge in [0.1, 0.15) is 0 Å². The fraction of sp³-hybridized carbons (Fsp3) is 0.217. The Morgan fingerprint density at radius 3 is 2.73 bits per heavy atom. The van der Waals surface area contributed by atoms with Crippen LogP contribution in [0.3, 0.4) is 0 Å². The van der Waals surface area contributed by atoms with Crippen molar-refractivity contribution in [3.63, 3.8) is 0 Å². The van der Waals surface area contributed by atoms with Gasteiger partial charge in [0.05, 0.1) is 12.6 Å². The number of nitrogens with zero attached hydrogens (tertiary/aromatic N) is 2. The number of hydrogen-bond acceptors (Lipinski definition) is 4. The monoisotopic (exact) mass is 423 g/mol. The second kappa shape index (κ2) is 8.24. The van der Waals surface area contributed by atoms with Gasteiger partial charge in [-0.3, -0.25) is 4.79 Å². The molecule has 4 rings (SSSR count). The van der Waals surface area contributed by atoms with Gasteiger partial charge in [0.25, 0.3) is 0 Å². The molecule has 0 fully saturated rings. The number of carbonyl (C=O) groups excluding carboxylic acids is 1. The highest BCUT2D eigenvalue weighted by Gasteiger charge is 2.14. The quantitative estimate of drug-likeness (QED) is 0.486. The summed E-state index contributed by atoms with van der Waals surface area (Å²) in [5.41, 5.74) is 8.45. The number of aryl methyl sites for hydroxylation is 2. The van der Waals surface area contributed by atoms with Crippen molar-refractivity contribution in [2.75, 3.05) is 6.79 Å². The Bertz CT molecular complexity index is 1150. The number of aromatic nitrogens is 1. The van der Waals surface area contributed by atoms with E-state index in [-0.39, 0.29) is 19.1 Å². The molecule has 1 aliphatic rings. The van der Waals surface area contributed by atoms with Gasteiger partial charge in [-0.15, -0.1) is 0 Å². The Morgan fingerprint density at radius 1 is 1.13 bits per heavy atom. The lowest BCUT2D eigenvalue weighted by Gasteiger charge is -2.11. The lowest BCUT2D eigenvalue weighted by Crippen LogP contribution is -2.19. The molecule has 30 heavy (non-hydrogen) atoms. The summed E-state index contributed by atoms with van der Waals surface area (Å²) >= 11 is 6.29. The summed E-state index contributed by atoms with van der Waals surface area (Å²) < 4.78 is 12.7. The van der Waals surface area contributed by atoms with E-state index in [1.165, 1.54) is 0 Å².